The van der Waals surface area contributed by atoms with Crippen LogP contribution in [-0.2, 0) is 6.42 Å². The number of hydrogen-bond acceptors (Lipinski definition) is 0. The van der Waals surface area contributed by atoms with E-state index in [0.29, 0.717) is 0 Å². The number of unbranched alkanes of at least 4 members (excludes halogenated alkanes) is 2. The molecule has 0 aliphatic rings. The molecular formula is C28H34. The predicted molar refractivity (Wildman–Crippen MR) is 127 cm³/mol. The van der Waals surface area contributed by atoms with Gasteiger partial charge in [-0.15, -0.1) is 0 Å². The molecule has 0 N–H and O–H groups in total. The van der Waals surface area contributed by atoms with Gasteiger partial charge in [-0.1, -0.05) is 105 Å². The summed E-state index contributed by atoms with van der Waals surface area (Å²) in [7, 11) is 0. The van der Waals surface area contributed by atoms with Crippen LogP contribution in [0.5, 0.6) is 0 Å². The summed E-state index contributed by atoms with van der Waals surface area (Å²) in [5.74, 6) is 0. The highest BCUT2D eigenvalue weighted by Gasteiger charge is 2.03. The summed E-state index contributed by atoms with van der Waals surface area (Å²) < 4.78 is 0. The average Bonchev–Trinajstić information content (AvgIpc) is 2.71. The van der Waals surface area contributed by atoms with Gasteiger partial charge in [0.05, 0.1) is 0 Å². The summed E-state index contributed by atoms with van der Waals surface area (Å²) in [6, 6.07) is 15.5. The lowest BCUT2D eigenvalue weighted by Crippen LogP contribution is -1.89. The third kappa shape index (κ3) is 6.85. The van der Waals surface area contributed by atoms with E-state index in [2.05, 4.69) is 88.2 Å². The van der Waals surface area contributed by atoms with Crippen LogP contribution in [0.1, 0.15) is 55.7 Å². The van der Waals surface area contributed by atoms with Crippen LogP contribution in [0, 0.1) is 6.92 Å². The van der Waals surface area contributed by atoms with Gasteiger partial charge < -0.3 is 0 Å². The lowest BCUT2D eigenvalue weighted by atomic mass is 9.96. The van der Waals surface area contributed by atoms with Crippen molar-refractivity contribution in [3.63, 3.8) is 0 Å². The first-order chi connectivity index (χ1) is 13.5. The van der Waals surface area contributed by atoms with Crippen molar-refractivity contribution in [3.8, 4) is 11.1 Å². The van der Waals surface area contributed by atoms with E-state index in [4.69, 9.17) is 0 Å². The third-order valence-corrected chi connectivity index (χ3v) is 5.16. The molecule has 0 aromatic heterocycles. The average molecular weight is 371 g/mol. The third-order valence-electron chi connectivity index (χ3n) is 5.16. The maximum atomic E-state index is 4.20. The van der Waals surface area contributed by atoms with Gasteiger partial charge in [-0.3, -0.25) is 0 Å². The summed E-state index contributed by atoms with van der Waals surface area (Å²) in [5.41, 5.74) is 8.71. The quantitative estimate of drug-likeness (QED) is 0.275. The lowest BCUT2D eigenvalue weighted by molar-refractivity contribution is 0.720. The van der Waals surface area contributed by atoms with Gasteiger partial charge in [0.25, 0.3) is 0 Å². The van der Waals surface area contributed by atoms with Crippen LogP contribution in [0.3, 0.4) is 0 Å². The minimum Gasteiger partial charge on any atom is -0.0988 e. The Bertz CT molecular complexity index is 848. The molecule has 146 valence electrons. The second kappa shape index (κ2) is 11.3. The summed E-state index contributed by atoms with van der Waals surface area (Å²) in [4.78, 5) is 0. The van der Waals surface area contributed by atoms with E-state index in [1.807, 2.05) is 6.08 Å². The van der Waals surface area contributed by atoms with Crippen molar-refractivity contribution in [2.24, 2.45) is 0 Å². The summed E-state index contributed by atoms with van der Waals surface area (Å²) in [5, 5.41) is 0. The van der Waals surface area contributed by atoms with Gasteiger partial charge in [-0.25, -0.2) is 0 Å². The lowest BCUT2D eigenvalue weighted by Gasteiger charge is -2.09. The Morgan fingerprint density at radius 1 is 0.929 bits per heavy atom. The molecule has 0 aliphatic heterocycles. The maximum absolute atomic E-state index is 4.20. The smallest absolute Gasteiger partial charge is 0.0178 e. The van der Waals surface area contributed by atoms with Gasteiger partial charge in [-0.2, -0.15) is 0 Å². The minimum atomic E-state index is 0.953. The van der Waals surface area contributed by atoms with E-state index < -0.39 is 0 Å². The van der Waals surface area contributed by atoms with E-state index >= 15 is 0 Å². The number of hydrogen-bond donors (Lipinski definition) is 0. The van der Waals surface area contributed by atoms with Crippen LogP contribution < -0.4 is 0 Å². The van der Waals surface area contributed by atoms with Crippen LogP contribution in [0.4, 0.5) is 0 Å². The zero-order chi connectivity index (χ0) is 20.4. The standard InChI is InChI=1S/C28H34/c1-6-8-9-11-23(4)15-18-26-21-28(19-16-24(26)5)27-13-10-12-25(20-27)17-14-22(3)7-2/h7,10,12-13,15-16,18-21H,2-4,6,8-9,11,14,17H2,1,5H3/b18-15+. The van der Waals surface area contributed by atoms with Crippen molar-refractivity contribution in [2.45, 2.75) is 52.4 Å². The summed E-state index contributed by atoms with van der Waals surface area (Å²) >= 11 is 0. The molecule has 0 heterocycles. The van der Waals surface area contributed by atoms with Crippen LogP contribution in [0.15, 0.2) is 85.5 Å². The normalized spacial score (nSPS) is 10.9. The number of aryl methyl sites for hydroxylation is 2. The molecule has 2 aromatic carbocycles. The molecule has 0 aliphatic carbocycles. The molecular weight excluding hydrogens is 336 g/mol. The minimum absolute atomic E-state index is 0.953. The van der Waals surface area contributed by atoms with E-state index in [1.165, 1.54) is 52.7 Å². The Balaban J connectivity index is 2.15. The highest BCUT2D eigenvalue weighted by atomic mass is 14.1. The highest BCUT2D eigenvalue weighted by Crippen LogP contribution is 2.25. The molecule has 0 heteroatoms. The Labute approximate surface area is 172 Å². The first kappa shape index (κ1) is 21.7. The predicted octanol–water partition coefficient (Wildman–Crippen LogP) is 8.49. The second-order valence-electron chi connectivity index (χ2n) is 7.58. The van der Waals surface area contributed by atoms with Gasteiger partial charge in [0, 0.05) is 0 Å². The van der Waals surface area contributed by atoms with Gasteiger partial charge in [0.15, 0.2) is 0 Å². The molecule has 0 radical (unpaired) electrons. The second-order valence-corrected chi connectivity index (χ2v) is 7.58. The maximum Gasteiger partial charge on any atom is -0.0178 e. The van der Waals surface area contributed by atoms with Crippen molar-refractivity contribution < 1.29 is 0 Å². The Morgan fingerprint density at radius 3 is 2.46 bits per heavy atom. The van der Waals surface area contributed by atoms with Gasteiger partial charge >= 0.3 is 0 Å². The molecule has 0 saturated carbocycles. The highest BCUT2D eigenvalue weighted by molar-refractivity contribution is 5.70. The van der Waals surface area contributed by atoms with Crippen LogP contribution in [-0.4, -0.2) is 0 Å². The van der Waals surface area contributed by atoms with Crippen molar-refractivity contribution in [1.82, 2.24) is 0 Å². The fourth-order valence-electron chi connectivity index (χ4n) is 3.21. The molecule has 0 bridgehead atoms. The van der Waals surface area contributed by atoms with Crippen molar-refractivity contribution in [1.29, 1.82) is 0 Å². The number of benzene rings is 2. The zero-order valence-electron chi connectivity index (χ0n) is 17.6. The van der Waals surface area contributed by atoms with E-state index in [1.54, 1.807) is 0 Å². The molecule has 0 nitrogen and oxygen atoms in total. The SMILES string of the molecule is C=CC(=C)CCc1cccc(-c2ccc(C)c(/C=C/C(=C)CCCCC)c2)c1. The Hall–Kier alpha value is -2.60. The molecule has 0 spiro atoms. The van der Waals surface area contributed by atoms with Crippen molar-refractivity contribution in [2.75, 3.05) is 0 Å². The Morgan fingerprint density at radius 2 is 1.71 bits per heavy atom. The molecule has 2 aromatic rings. The first-order valence-electron chi connectivity index (χ1n) is 10.4. The topological polar surface area (TPSA) is 0 Å². The number of rotatable bonds is 11. The largest absolute Gasteiger partial charge is 0.0988 e. The van der Waals surface area contributed by atoms with E-state index in [-0.39, 0.29) is 0 Å². The molecule has 0 unspecified atom stereocenters. The summed E-state index contributed by atoms with van der Waals surface area (Å²) in [6.07, 6.45) is 13.0. The van der Waals surface area contributed by atoms with Crippen LogP contribution >= 0.6 is 0 Å². The first-order valence-corrected chi connectivity index (χ1v) is 10.4. The summed E-state index contributed by atoms with van der Waals surface area (Å²) in [6.45, 7) is 16.4. The fraction of sp³-hybridized carbons (Fsp3) is 0.286. The Kier molecular flexibility index (Phi) is 8.75. The van der Waals surface area contributed by atoms with Gasteiger partial charge in [-0.05, 0) is 66.5 Å². The van der Waals surface area contributed by atoms with E-state index in [0.717, 1.165) is 24.8 Å². The van der Waals surface area contributed by atoms with Crippen LogP contribution in [0.25, 0.3) is 17.2 Å². The fourth-order valence-corrected chi connectivity index (χ4v) is 3.21. The van der Waals surface area contributed by atoms with Crippen LogP contribution in [0.2, 0.25) is 0 Å². The zero-order valence-corrected chi connectivity index (χ0v) is 17.6. The molecule has 0 atom stereocenters. The number of allylic oxidation sites excluding steroid dienone is 4. The van der Waals surface area contributed by atoms with Crippen molar-refractivity contribution >= 4 is 6.08 Å². The van der Waals surface area contributed by atoms with Gasteiger partial charge in [0.2, 0.25) is 0 Å². The van der Waals surface area contributed by atoms with Crippen molar-refractivity contribution in [3.05, 3.63) is 102 Å². The monoisotopic (exact) mass is 370 g/mol. The molecule has 0 fully saturated rings. The molecule has 2 rings (SSSR count). The van der Waals surface area contributed by atoms with Gasteiger partial charge in [0.1, 0.15) is 0 Å². The molecule has 28 heavy (non-hydrogen) atoms. The molecule has 0 saturated heterocycles. The van der Waals surface area contributed by atoms with E-state index in [9.17, 15) is 0 Å². The molecule has 0 amide bonds.